The number of carbonyl (C=O) groups excluding carboxylic acids is 1. The van der Waals surface area contributed by atoms with Crippen LogP contribution in [0.15, 0.2) is 66.9 Å². The molecule has 0 saturated carbocycles. The second-order valence-corrected chi connectivity index (χ2v) is 6.98. The Kier molecular flexibility index (Phi) is 5.62. The first kappa shape index (κ1) is 17.4. The van der Waals surface area contributed by atoms with Crippen LogP contribution in [0.5, 0.6) is 0 Å². The number of carboxylic acid groups (broad SMARTS) is 1. The average Bonchev–Trinajstić information content (AvgIpc) is 3.24. The number of aromatic nitrogens is 3. The molecule has 0 aliphatic rings. The maximum absolute atomic E-state index is 11.4. The van der Waals surface area contributed by atoms with Crippen LogP contribution in [0.3, 0.4) is 0 Å². The number of hydrogen-bond donors (Lipinski definition) is 1. The number of nitrogens with zero attached hydrogens (tertiary/aromatic N) is 2. The molecule has 1 aromatic carbocycles. The summed E-state index contributed by atoms with van der Waals surface area (Å²) in [5, 5.41) is 19.1. The van der Waals surface area contributed by atoms with Gasteiger partial charge in [-0.1, -0.05) is 36.9 Å². The first-order valence-electron chi connectivity index (χ1n) is 7.49. The van der Waals surface area contributed by atoms with Crippen molar-refractivity contribution in [1.29, 1.82) is 0 Å². The Balaban J connectivity index is 1.75. The van der Waals surface area contributed by atoms with Gasteiger partial charge in [0.2, 0.25) is 5.16 Å². The molecule has 0 fully saturated rings. The molecule has 8 heteroatoms. The zero-order chi connectivity index (χ0) is 17.6. The highest BCUT2D eigenvalue weighted by Crippen LogP contribution is 2.31. The van der Waals surface area contributed by atoms with E-state index < -0.39 is 5.97 Å². The lowest BCUT2D eigenvalue weighted by Gasteiger charge is -2.04. The second kappa shape index (κ2) is 8.09. The van der Waals surface area contributed by atoms with Crippen LogP contribution in [0.1, 0.15) is 18.5 Å². The lowest BCUT2D eigenvalue weighted by atomic mass is 10.4. The van der Waals surface area contributed by atoms with Crippen LogP contribution in [0.2, 0.25) is 0 Å². The van der Waals surface area contributed by atoms with E-state index >= 15 is 0 Å². The van der Waals surface area contributed by atoms with Crippen LogP contribution < -0.4 is 5.11 Å². The zero-order valence-electron chi connectivity index (χ0n) is 13.3. The van der Waals surface area contributed by atoms with Gasteiger partial charge in [0.15, 0.2) is 5.09 Å². The molecule has 0 aliphatic heterocycles. The second-order valence-electron chi connectivity index (χ2n) is 4.89. The van der Waals surface area contributed by atoms with E-state index in [1.807, 2.05) is 37.3 Å². The van der Waals surface area contributed by atoms with E-state index in [1.54, 1.807) is 12.1 Å². The van der Waals surface area contributed by atoms with Gasteiger partial charge in [0.1, 0.15) is 11.6 Å². The summed E-state index contributed by atoms with van der Waals surface area (Å²) in [5.74, 6) is -0.183. The normalized spacial score (nSPS) is 11.6. The van der Waals surface area contributed by atoms with Gasteiger partial charge < -0.3 is 14.3 Å². The lowest BCUT2D eigenvalue weighted by molar-refractivity contribution is -0.298. The van der Waals surface area contributed by atoms with Crippen molar-refractivity contribution in [2.24, 2.45) is 0 Å². The summed E-state index contributed by atoms with van der Waals surface area (Å²) < 4.78 is 5.67. The molecule has 1 N–H and O–H groups in total. The number of aromatic amines is 1. The Labute approximate surface area is 152 Å². The third-order valence-corrected chi connectivity index (χ3v) is 4.88. The fraction of sp³-hybridized carbons (Fsp3) is 0.118. The SMILES string of the molecule is CCc1nc(S/C(=C\c2ccc(Sc3ccccc3)o2)C(=O)[O-])n[nH]1. The Hall–Kier alpha value is -2.45. The van der Waals surface area contributed by atoms with Gasteiger partial charge in [0.05, 0.1) is 5.97 Å². The Morgan fingerprint density at radius 2 is 2.08 bits per heavy atom. The first-order valence-corrected chi connectivity index (χ1v) is 9.12. The van der Waals surface area contributed by atoms with E-state index in [1.165, 1.54) is 17.8 Å². The molecule has 0 aliphatic carbocycles. The van der Waals surface area contributed by atoms with E-state index in [0.717, 1.165) is 16.7 Å². The number of H-pyrrole nitrogens is 1. The van der Waals surface area contributed by atoms with Gasteiger partial charge in [-0.25, -0.2) is 4.98 Å². The van der Waals surface area contributed by atoms with Gasteiger partial charge in [-0.15, -0.1) is 5.10 Å². The van der Waals surface area contributed by atoms with Crippen LogP contribution >= 0.6 is 23.5 Å². The number of benzene rings is 1. The maximum Gasteiger partial charge on any atom is 0.213 e. The minimum absolute atomic E-state index is 0.0211. The van der Waals surface area contributed by atoms with Gasteiger partial charge in [-0.05, 0) is 42.1 Å². The molecule has 2 aromatic heterocycles. The minimum atomic E-state index is -1.30. The summed E-state index contributed by atoms with van der Waals surface area (Å²) in [6.07, 6.45) is 2.10. The summed E-state index contributed by atoms with van der Waals surface area (Å²) in [6, 6.07) is 13.3. The van der Waals surface area contributed by atoms with Crippen molar-refractivity contribution in [3.63, 3.8) is 0 Å². The number of furan rings is 1. The van der Waals surface area contributed by atoms with Crippen LogP contribution in [0, 0.1) is 0 Å². The van der Waals surface area contributed by atoms with Crippen LogP contribution in [-0.4, -0.2) is 21.2 Å². The molecule has 0 spiro atoms. The van der Waals surface area contributed by atoms with Gasteiger partial charge in [-0.3, -0.25) is 5.10 Å². The third-order valence-electron chi connectivity index (χ3n) is 3.09. The summed E-state index contributed by atoms with van der Waals surface area (Å²) in [4.78, 5) is 16.6. The number of aryl methyl sites for hydroxylation is 1. The number of nitrogens with one attached hydrogen (secondary N) is 1. The lowest BCUT2D eigenvalue weighted by Crippen LogP contribution is -2.23. The Morgan fingerprint density at radius 1 is 1.28 bits per heavy atom. The van der Waals surface area contributed by atoms with Gasteiger partial charge >= 0.3 is 0 Å². The molecule has 3 aromatic rings. The van der Waals surface area contributed by atoms with Crippen molar-refractivity contribution in [3.05, 3.63) is 59.0 Å². The number of rotatable bonds is 7. The number of thioether (sulfide) groups is 1. The molecule has 0 saturated heterocycles. The van der Waals surface area contributed by atoms with E-state index in [0.29, 0.717) is 28.3 Å². The van der Waals surface area contributed by atoms with Crippen molar-refractivity contribution < 1.29 is 14.3 Å². The highest BCUT2D eigenvalue weighted by Gasteiger charge is 2.10. The monoisotopic (exact) mass is 372 g/mol. The molecule has 25 heavy (non-hydrogen) atoms. The van der Waals surface area contributed by atoms with Gasteiger partial charge in [-0.2, -0.15) is 0 Å². The highest BCUT2D eigenvalue weighted by atomic mass is 32.2. The molecular formula is C17H14N3O3S2-. The smallest absolute Gasteiger partial charge is 0.213 e. The molecule has 2 heterocycles. The number of carbonyl (C=O) groups is 1. The molecule has 3 rings (SSSR count). The summed E-state index contributed by atoms with van der Waals surface area (Å²) in [5.41, 5.74) is 0. The molecule has 128 valence electrons. The van der Waals surface area contributed by atoms with E-state index in [9.17, 15) is 9.90 Å². The maximum atomic E-state index is 11.4. The molecule has 0 unspecified atom stereocenters. The van der Waals surface area contributed by atoms with Crippen molar-refractivity contribution in [2.45, 2.75) is 28.5 Å². The van der Waals surface area contributed by atoms with Crippen molar-refractivity contribution in [3.8, 4) is 0 Å². The molecule has 0 atom stereocenters. The third kappa shape index (κ3) is 4.77. The molecular weight excluding hydrogens is 358 g/mol. The quantitative estimate of drug-likeness (QED) is 0.503. The Morgan fingerprint density at radius 3 is 2.76 bits per heavy atom. The van der Waals surface area contributed by atoms with Crippen molar-refractivity contribution in [2.75, 3.05) is 0 Å². The predicted molar refractivity (Wildman–Crippen MR) is 93.9 cm³/mol. The topological polar surface area (TPSA) is 94.8 Å². The van der Waals surface area contributed by atoms with E-state index in [-0.39, 0.29) is 4.91 Å². The van der Waals surface area contributed by atoms with E-state index in [2.05, 4.69) is 15.2 Å². The Bertz CT molecular complexity index is 887. The van der Waals surface area contributed by atoms with Crippen LogP contribution in [0.4, 0.5) is 0 Å². The van der Waals surface area contributed by atoms with E-state index in [4.69, 9.17) is 4.42 Å². The van der Waals surface area contributed by atoms with Gasteiger partial charge in [0, 0.05) is 16.2 Å². The fourth-order valence-electron chi connectivity index (χ4n) is 1.91. The number of hydrogen-bond acceptors (Lipinski definition) is 7. The molecule has 6 nitrogen and oxygen atoms in total. The van der Waals surface area contributed by atoms with Crippen LogP contribution in [-0.2, 0) is 11.2 Å². The van der Waals surface area contributed by atoms with Crippen molar-refractivity contribution in [1.82, 2.24) is 15.2 Å². The summed E-state index contributed by atoms with van der Waals surface area (Å²) in [7, 11) is 0. The van der Waals surface area contributed by atoms with Crippen LogP contribution in [0.25, 0.3) is 6.08 Å². The molecule has 0 radical (unpaired) electrons. The van der Waals surface area contributed by atoms with Crippen molar-refractivity contribution >= 4 is 35.6 Å². The zero-order valence-corrected chi connectivity index (χ0v) is 14.9. The first-order chi connectivity index (χ1) is 12.1. The van der Waals surface area contributed by atoms with Gasteiger partial charge in [0.25, 0.3) is 0 Å². The minimum Gasteiger partial charge on any atom is -0.544 e. The molecule has 0 bridgehead atoms. The standard InChI is InChI=1S/C17H15N3O3S2/c1-2-14-18-17(20-19-14)25-13(16(21)22)10-11-8-9-15(23-11)24-12-6-4-3-5-7-12/h3-10H,2H2,1H3,(H,21,22)(H,18,19,20)/p-1/b13-10-. The summed E-state index contributed by atoms with van der Waals surface area (Å²) in [6.45, 7) is 1.93. The summed E-state index contributed by atoms with van der Waals surface area (Å²) >= 11 is 2.38. The fourth-order valence-corrected chi connectivity index (χ4v) is 3.41. The number of aliphatic carboxylic acids is 1. The molecule has 0 amide bonds. The number of carboxylic acids is 1. The predicted octanol–water partition coefficient (Wildman–Crippen LogP) is 2.99. The largest absolute Gasteiger partial charge is 0.544 e. The highest BCUT2D eigenvalue weighted by molar-refractivity contribution is 8.04. The average molecular weight is 372 g/mol.